The van der Waals surface area contributed by atoms with Crippen molar-refractivity contribution in [2.24, 2.45) is 0 Å². The van der Waals surface area contributed by atoms with Crippen LogP contribution < -0.4 is 0 Å². The van der Waals surface area contributed by atoms with E-state index in [-0.39, 0.29) is 0 Å². The molecule has 0 aliphatic carbocycles. The Hall–Kier alpha value is -1.52. The van der Waals surface area contributed by atoms with Gasteiger partial charge >= 0.3 is 23.9 Å². The molecule has 0 aliphatic heterocycles. The van der Waals surface area contributed by atoms with Crippen molar-refractivity contribution in [2.75, 3.05) is 0 Å². The van der Waals surface area contributed by atoms with Crippen LogP contribution in [0.4, 0.5) is 43.9 Å². The predicted octanol–water partition coefficient (Wildman–Crippen LogP) is 4.72. The minimum Gasteiger partial charge on any atom is -0.388 e. The number of halogens is 10. The first-order chi connectivity index (χ1) is 10.1. The third kappa shape index (κ3) is 3.38. The molecule has 0 bridgehead atoms. The molecule has 1 aromatic carbocycles. The van der Waals surface area contributed by atoms with E-state index in [1.165, 1.54) is 0 Å². The fourth-order valence-electron chi connectivity index (χ4n) is 1.63. The summed E-state index contributed by atoms with van der Waals surface area (Å²) in [5, 5.41) is 9.29. The number of benzene rings is 1. The Morgan fingerprint density at radius 1 is 0.826 bits per heavy atom. The van der Waals surface area contributed by atoms with Crippen molar-refractivity contribution in [3.63, 3.8) is 0 Å². The van der Waals surface area contributed by atoms with Crippen LogP contribution >= 0.6 is 0 Å². The summed E-state index contributed by atoms with van der Waals surface area (Å²) in [6.45, 7) is 0. The second-order valence-corrected chi connectivity index (χ2v) is 4.59. The smallest absolute Gasteiger partial charge is 0.388 e. The molecule has 23 heavy (non-hydrogen) atoms. The highest BCUT2D eigenvalue weighted by Crippen LogP contribution is 2.55. The van der Waals surface area contributed by atoms with Crippen molar-refractivity contribution in [1.29, 1.82) is 0 Å². The molecule has 0 heterocycles. The molecule has 0 radical (unpaired) electrons. The highest BCUT2D eigenvalue weighted by Gasteiger charge is 2.81. The number of hydrogen-bond donors (Lipinski definition) is 1. The fraction of sp³-hybridized carbons (Fsp3) is 0.500. The molecule has 132 valence electrons. The van der Waals surface area contributed by atoms with E-state index in [9.17, 15) is 49.0 Å². The lowest BCUT2D eigenvalue weighted by molar-refractivity contribution is -0.398. The molecule has 1 atom stereocenters. The van der Waals surface area contributed by atoms with E-state index in [0.717, 1.165) is 12.1 Å². The van der Waals surface area contributed by atoms with Gasteiger partial charge in [0.2, 0.25) is 0 Å². The van der Waals surface area contributed by atoms with Crippen molar-refractivity contribution < 1.29 is 49.0 Å². The molecule has 0 aromatic heterocycles. The Labute approximate surface area is 122 Å². The fourth-order valence-corrected chi connectivity index (χ4v) is 1.63. The average molecular weight is 358 g/mol. The molecule has 1 rings (SSSR count). The Kier molecular flexibility index (Phi) is 4.96. The zero-order chi connectivity index (χ0) is 18.3. The van der Waals surface area contributed by atoms with Gasteiger partial charge in [-0.15, -0.1) is 0 Å². The molecule has 1 aromatic rings. The summed E-state index contributed by atoms with van der Waals surface area (Å²) >= 11 is 0. The van der Waals surface area contributed by atoms with Crippen molar-refractivity contribution in [1.82, 2.24) is 0 Å². The van der Waals surface area contributed by atoms with Gasteiger partial charge in [-0.25, -0.2) is 4.39 Å². The normalized spacial score (nSPS) is 15.6. The molecule has 1 nitrogen and oxygen atoms in total. The molecule has 1 N–H and O–H groups in total. The third-order valence-corrected chi connectivity index (χ3v) is 2.92. The van der Waals surface area contributed by atoms with Gasteiger partial charge in [0.05, 0.1) is 6.10 Å². The molecule has 0 fully saturated rings. The first-order valence-electron chi connectivity index (χ1n) is 5.78. The quantitative estimate of drug-likeness (QED) is 0.756. The SMILES string of the molecule is OC(CC(F)(F)C(F)(F)C(F)(F)C(F)(F)F)c1ccccc1F. The molecule has 1 unspecified atom stereocenters. The van der Waals surface area contributed by atoms with Gasteiger partial charge in [0, 0.05) is 12.0 Å². The highest BCUT2D eigenvalue weighted by atomic mass is 19.4. The van der Waals surface area contributed by atoms with Gasteiger partial charge in [-0.2, -0.15) is 39.5 Å². The summed E-state index contributed by atoms with van der Waals surface area (Å²) < 4.78 is 127. The van der Waals surface area contributed by atoms with Crippen LogP contribution in [0.2, 0.25) is 0 Å². The number of hydrogen-bond acceptors (Lipinski definition) is 1. The summed E-state index contributed by atoms with van der Waals surface area (Å²) in [6, 6.07) is 3.41. The van der Waals surface area contributed by atoms with Gasteiger partial charge in [-0.3, -0.25) is 0 Å². The first kappa shape index (κ1) is 19.5. The number of aliphatic hydroxyl groups excluding tert-OH is 1. The van der Waals surface area contributed by atoms with Gasteiger partial charge < -0.3 is 5.11 Å². The number of aliphatic hydroxyl groups is 1. The largest absolute Gasteiger partial charge is 0.460 e. The van der Waals surface area contributed by atoms with E-state index in [2.05, 4.69) is 0 Å². The standard InChI is InChI=1S/C12H8F10O/c13-7-4-2-1-3-6(7)8(23)5-9(14,15)10(16,17)11(18,19)12(20,21)22/h1-4,8,23H,5H2. The van der Waals surface area contributed by atoms with E-state index in [1.807, 2.05) is 0 Å². The van der Waals surface area contributed by atoms with Crippen LogP contribution in [0.5, 0.6) is 0 Å². The van der Waals surface area contributed by atoms with Gasteiger partial charge in [0.25, 0.3) is 0 Å². The van der Waals surface area contributed by atoms with Gasteiger partial charge in [-0.05, 0) is 6.07 Å². The Balaban J connectivity index is 3.13. The van der Waals surface area contributed by atoms with Crippen LogP contribution in [0.3, 0.4) is 0 Å². The monoisotopic (exact) mass is 358 g/mol. The van der Waals surface area contributed by atoms with Gasteiger partial charge in [0.15, 0.2) is 0 Å². The van der Waals surface area contributed by atoms with Gasteiger partial charge in [-0.1, -0.05) is 18.2 Å². The molecular weight excluding hydrogens is 350 g/mol. The summed E-state index contributed by atoms with van der Waals surface area (Å²) in [4.78, 5) is 0. The minimum absolute atomic E-state index is 0.652. The van der Waals surface area contributed by atoms with E-state index >= 15 is 0 Å². The molecular formula is C12H8F10O. The van der Waals surface area contributed by atoms with Crippen LogP contribution in [-0.4, -0.2) is 29.1 Å². The Bertz CT molecular complexity index is 551. The third-order valence-electron chi connectivity index (χ3n) is 2.92. The van der Waals surface area contributed by atoms with Crippen molar-refractivity contribution in [3.8, 4) is 0 Å². The maximum Gasteiger partial charge on any atom is 0.460 e. The zero-order valence-corrected chi connectivity index (χ0v) is 10.8. The highest BCUT2D eigenvalue weighted by molar-refractivity contribution is 5.20. The summed E-state index contributed by atoms with van der Waals surface area (Å²) in [7, 11) is 0. The number of alkyl halides is 9. The number of rotatable bonds is 5. The minimum atomic E-state index is -7.04. The lowest BCUT2D eigenvalue weighted by atomic mass is 9.95. The van der Waals surface area contributed by atoms with Crippen LogP contribution in [0.1, 0.15) is 18.1 Å². The molecule has 11 heteroatoms. The summed E-state index contributed by atoms with van der Waals surface area (Å²) in [6.07, 6.45) is -12.2. The molecule has 0 saturated heterocycles. The predicted molar refractivity (Wildman–Crippen MR) is 56.9 cm³/mol. The maximum atomic E-state index is 13.3. The molecule has 0 aliphatic rings. The lowest BCUT2D eigenvalue weighted by Gasteiger charge is -2.34. The second-order valence-electron chi connectivity index (χ2n) is 4.59. The first-order valence-corrected chi connectivity index (χ1v) is 5.78. The lowest BCUT2D eigenvalue weighted by Crippen LogP contribution is -2.61. The van der Waals surface area contributed by atoms with Crippen molar-refractivity contribution in [2.45, 2.75) is 36.5 Å². The van der Waals surface area contributed by atoms with E-state index in [0.29, 0.717) is 12.1 Å². The molecule has 0 amide bonds. The van der Waals surface area contributed by atoms with Gasteiger partial charge in [0.1, 0.15) is 5.82 Å². The van der Waals surface area contributed by atoms with Crippen LogP contribution in [0.25, 0.3) is 0 Å². The maximum absolute atomic E-state index is 13.3. The zero-order valence-electron chi connectivity index (χ0n) is 10.8. The Morgan fingerprint density at radius 3 is 1.74 bits per heavy atom. The Morgan fingerprint density at radius 2 is 1.30 bits per heavy atom. The molecule has 0 spiro atoms. The van der Waals surface area contributed by atoms with Crippen LogP contribution in [-0.2, 0) is 0 Å². The average Bonchev–Trinajstić information content (AvgIpc) is 2.36. The van der Waals surface area contributed by atoms with E-state index in [1.54, 1.807) is 0 Å². The molecule has 0 saturated carbocycles. The van der Waals surface area contributed by atoms with Crippen LogP contribution in [0, 0.1) is 5.82 Å². The van der Waals surface area contributed by atoms with Crippen molar-refractivity contribution >= 4 is 0 Å². The van der Waals surface area contributed by atoms with Crippen LogP contribution in [0.15, 0.2) is 24.3 Å². The van der Waals surface area contributed by atoms with E-state index < -0.39 is 47.8 Å². The summed E-state index contributed by atoms with van der Waals surface area (Å²) in [5.41, 5.74) is -0.946. The second kappa shape index (κ2) is 5.84. The topological polar surface area (TPSA) is 20.2 Å². The van der Waals surface area contributed by atoms with E-state index in [4.69, 9.17) is 0 Å². The van der Waals surface area contributed by atoms with Crippen molar-refractivity contribution in [3.05, 3.63) is 35.6 Å². The summed E-state index contributed by atoms with van der Waals surface area (Å²) in [5.74, 6) is -21.2.